The molecule has 0 aromatic heterocycles. The second kappa shape index (κ2) is 15.9. The van der Waals surface area contributed by atoms with Crippen LogP contribution in [0.3, 0.4) is 0 Å². The zero-order valence-electron chi connectivity index (χ0n) is 18.4. The number of halogens is 1. The minimum atomic E-state index is 0. The lowest BCUT2D eigenvalue weighted by Crippen LogP contribution is -2.48. The molecule has 0 spiro atoms. The Balaban J connectivity index is 0.00000420. The molecule has 2 rings (SSSR count). The molecule has 29 heavy (non-hydrogen) atoms. The molecule has 6 nitrogen and oxygen atoms in total. The van der Waals surface area contributed by atoms with Crippen molar-refractivity contribution in [3.8, 4) is 0 Å². The average Bonchev–Trinajstić information content (AvgIpc) is 2.72. The quantitative estimate of drug-likeness (QED) is 0.205. The van der Waals surface area contributed by atoms with Crippen molar-refractivity contribution >= 4 is 29.9 Å². The van der Waals surface area contributed by atoms with Gasteiger partial charge in [0.05, 0.1) is 6.61 Å². The summed E-state index contributed by atoms with van der Waals surface area (Å²) in [5.74, 6) is 0.962. The third kappa shape index (κ3) is 11.2. The van der Waals surface area contributed by atoms with Gasteiger partial charge in [0.1, 0.15) is 0 Å². The number of rotatable bonds is 11. The Labute approximate surface area is 194 Å². The molecule has 0 amide bonds. The lowest BCUT2D eigenvalue weighted by atomic mass is 10.0. The number of piperidine rings is 1. The van der Waals surface area contributed by atoms with Crippen molar-refractivity contribution in [2.24, 2.45) is 4.99 Å². The molecule has 2 N–H and O–H groups in total. The first-order chi connectivity index (χ1) is 13.7. The minimum Gasteiger partial charge on any atom is -0.383 e. The fraction of sp³-hybridized carbons (Fsp3) is 0.682. The van der Waals surface area contributed by atoms with Gasteiger partial charge in [-0.25, -0.2) is 0 Å². The maximum Gasteiger partial charge on any atom is 0.191 e. The monoisotopic (exact) mass is 517 g/mol. The predicted molar refractivity (Wildman–Crippen MR) is 133 cm³/mol. The molecule has 1 aliphatic heterocycles. The minimum absolute atomic E-state index is 0. The largest absolute Gasteiger partial charge is 0.383 e. The first-order valence-electron chi connectivity index (χ1n) is 10.7. The van der Waals surface area contributed by atoms with Gasteiger partial charge in [-0.3, -0.25) is 9.89 Å². The number of methoxy groups -OCH3 is 1. The van der Waals surface area contributed by atoms with Gasteiger partial charge in [0.25, 0.3) is 0 Å². The van der Waals surface area contributed by atoms with E-state index in [2.05, 4.69) is 64.7 Å². The Morgan fingerprint density at radius 2 is 1.93 bits per heavy atom. The third-order valence-corrected chi connectivity index (χ3v) is 5.17. The van der Waals surface area contributed by atoms with Gasteiger partial charge in [-0.15, -0.1) is 24.0 Å². The van der Waals surface area contributed by atoms with E-state index in [-0.39, 0.29) is 24.0 Å². The Morgan fingerprint density at radius 1 is 1.21 bits per heavy atom. The van der Waals surface area contributed by atoms with Crippen LogP contribution in [0.1, 0.15) is 31.7 Å². The zero-order chi connectivity index (χ0) is 20.0. The van der Waals surface area contributed by atoms with Crippen LogP contribution in [-0.2, 0) is 11.3 Å². The summed E-state index contributed by atoms with van der Waals surface area (Å²) in [6.45, 7) is 9.99. The smallest absolute Gasteiger partial charge is 0.191 e. The van der Waals surface area contributed by atoms with Gasteiger partial charge >= 0.3 is 0 Å². The fourth-order valence-corrected chi connectivity index (χ4v) is 3.48. The molecule has 0 bridgehead atoms. The number of benzene rings is 1. The lowest BCUT2D eigenvalue weighted by molar-refractivity contribution is 0.161. The van der Waals surface area contributed by atoms with E-state index in [0.717, 1.165) is 77.6 Å². The Morgan fingerprint density at radius 3 is 2.59 bits per heavy atom. The molecule has 1 aromatic rings. The van der Waals surface area contributed by atoms with Gasteiger partial charge in [-0.05, 0) is 45.3 Å². The molecule has 0 radical (unpaired) electrons. The number of likely N-dealkylation sites (tertiary alicyclic amines) is 1. The average molecular weight is 518 g/mol. The van der Waals surface area contributed by atoms with E-state index in [1.807, 2.05) is 0 Å². The van der Waals surface area contributed by atoms with Crippen LogP contribution in [0.2, 0.25) is 0 Å². The summed E-state index contributed by atoms with van der Waals surface area (Å²) < 4.78 is 5.12. The third-order valence-electron chi connectivity index (χ3n) is 5.17. The molecular formula is C22H40IN5O. The highest BCUT2D eigenvalue weighted by atomic mass is 127. The highest BCUT2D eigenvalue weighted by Crippen LogP contribution is 2.13. The van der Waals surface area contributed by atoms with Crippen LogP contribution in [0.4, 0.5) is 0 Å². The highest BCUT2D eigenvalue weighted by molar-refractivity contribution is 14.0. The summed E-state index contributed by atoms with van der Waals surface area (Å²) in [5, 5.41) is 7.04. The van der Waals surface area contributed by atoms with Crippen molar-refractivity contribution in [3.63, 3.8) is 0 Å². The van der Waals surface area contributed by atoms with Crippen molar-refractivity contribution in [1.82, 2.24) is 20.4 Å². The van der Waals surface area contributed by atoms with Crippen molar-refractivity contribution in [2.75, 3.05) is 60.0 Å². The van der Waals surface area contributed by atoms with Gasteiger partial charge in [-0.2, -0.15) is 0 Å². The van der Waals surface area contributed by atoms with Crippen LogP contribution in [0, 0.1) is 0 Å². The van der Waals surface area contributed by atoms with Crippen molar-refractivity contribution in [2.45, 2.75) is 38.8 Å². The first kappa shape index (κ1) is 26.1. The van der Waals surface area contributed by atoms with Crippen LogP contribution < -0.4 is 10.6 Å². The Kier molecular flexibility index (Phi) is 14.3. The maximum atomic E-state index is 5.12. The van der Waals surface area contributed by atoms with E-state index in [0.29, 0.717) is 6.04 Å². The summed E-state index contributed by atoms with van der Waals surface area (Å²) in [6, 6.07) is 11.3. The Bertz CT molecular complexity index is 549. The number of hydrogen-bond acceptors (Lipinski definition) is 4. The second-order valence-electron chi connectivity index (χ2n) is 7.59. The van der Waals surface area contributed by atoms with Gasteiger partial charge in [-0.1, -0.05) is 30.3 Å². The number of likely N-dealkylation sites (N-methyl/N-ethyl adjacent to an activating group) is 1. The van der Waals surface area contributed by atoms with Crippen LogP contribution >= 0.6 is 24.0 Å². The van der Waals surface area contributed by atoms with Crippen LogP contribution in [0.5, 0.6) is 0 Å². The first-order valence-corrected chi connectivity index (χ1v) is 10.7. The summed E-state index contributed by atoms with van der Waals surface area (Å²) in [7, 11) is 3.88. The van der Waals surface area contributed by atoms with E-state index < -0.39 is 0 Å². The topological polar surface area (TPSA) is 52.1 Å². The molecule has 1 aliphatic rings. The van der Waals surface area contributed by atoms with Gasteiger partial charge in [0.2, 0.25) is 0 Å². The second-order valence-corrected chi connectivity index (χ2v) is 7.59. The van der Waals surface area contributed by atoms with Crippen LogP contribution in [-0.4, -0.2) is 81.8 Å². The number of nitrogens with one attached hydrogen (secondary N) is 2. The molecular weight excluding hydrogens is 477 g/mol. The van der Waals surface area contributed by atoms with Crippen molar-refractivity contribution < 1.29 is 4.74 Å². The normalized spacial score (nSPS) is 15.9. The molecule has 0 saturated carbocycles. The van der Waals surface area contributed by atoms with Gasteiger partial charge < -0.3 is 20.3 Å². The number of guanidine groups is 1. The SMILES string of the molecule is CCNC(=NCCCN(C)CCOC)NC1CCN(Cc2ccccc2)CC1.I. The Hall–Kier alpha value is -0.900. The maximum absolute atomic E-state index is 5.12. The number of nitrogens with zero attached hydrogens (tertiary/aromatic N) is 3. The number of ether oxygens (including phenoxy) is 1. The van der Waals surface area contributed by atoms with Gasteiger partial charge in [0, 0.05) is 52.4 Å². The molecule has 7 heteroatoms. The fourth-order valence-electron chi connectivity index (χ4n) is 3.48. The molecule has 1 saturated heterocycles. The number of hydrogen-bond donors (Lipinski definition) is 2. The summed E-state index contributed by atoms with van der Waals surface area (Å²) >= 11 is 0. The summed E-state index contributed by atoms with van der Waals surface area (Å²) in [6.07, 6.45) is 3.39. The van der Waals surface area contributed by atoms with E-state index in [4.69, 9.17) is 9.73 Å². The van der Waals surface area contributed by atoms with Crippen molar-refractivity contribution in [1.29, 1.82) is 0 Å². The number of aliphatic imine (C=N–C) groups is 1. The zero-order valence-corrected chi connectivity index (χ0v) is 20.7. The molecule has 0 unspecified atom stereocenters. The van der Waals surface area contributed by atoms with E-state index in [1.165, 1.54) is 5.56 Å². The predicted octanol–water partition coefficient (Wildman–Crippen LogP) is 2.79. The van der Waals surface area contributed by atoms with Crippen LogP contribution in [0.15, 0.2) is 35.3 Å². The summed E-state index contributed by atoms with van der Waals surface area (Å²) in [4.78, 5) is 9.61. The lowest BCUT2D eigenvalue weighted by Gasteiger charge is -2.33. The van der Waals surface area contributed by atoms with Crippen LogP contribution in [0.25, 0.3) is 0 Å². The molecule has 1 aromatic carbocycles. The standard InChI is InChI=1S/C22H39N5O.HI/c1-4-23-22(24-13-8-14-26(2)17-18-28-3)25-21-11-15-27(16-12-21)19-20-9-6-5-7-10-20;/h5-7,9-10,21H,4,8,11-19H2,1-3H3,(H2,23,24,25);1H. The molecule has 0 aliphatic carbocycles. The van der Waals surface area contributed by atoms with E-state index in [1.54, 1.807) is 7.11 Å². The van der Waals surface area contributed by atoms with Crippen molar-refractivity contribution in [3.05, 3.63) is 35.9 Å². The van der Waals surface area contributed by atoms with E-state index >= 15 is 0 Å². The molecule has 1 fully saturated rings. The summed E-state index contributed by atoms with van der Waals surface area (Å²) in [5.41, 5.74) is 1.40. The highest BCUT2D eigenvalue weighted by Gasteiger charge is 2.19. The molecule has 1 heterocycles. The van der Waals surface area contributed by atoms with E-state index in [9.17, 15) is 0 Å². The van der Waals surface area contributed by atoms with Gasteiger partial charge in [0.15, 0.2) is 5.96 Å². The molecule has 166 valence electrons. The molecule has 0 atom stereocenters.